The number of rotatable bonds is 6. The number of likely N-dealkylation sites (tertiary alicyclic amines) is 1. The van der Waals surface area contributed by atoms with Crippen molar-refractivity contribution in [3.63, 3.8) is 0 Å². The fraction of sp³-hybridized carbons (Fsp3) is 0.867. The summed E-state index contributed by atoms with van der Waals surface area (Å²) in [5, 5.41) is 2.92. The lowest BCUT2D eigenvalue weighted by molar-refractivity contribution is -0.133. The number of carbonyl (C=O) groups excluding carboxylic acids is 2. The normalized spacial score (nSPS) is 32.7. The number of sulfonamides is 1. The Bertz CT molecular complexity index is 794. The van der Waals surface area contributed by atoms with Crippen molar-refractivity contribution in [2.24, 2.45) is 11.8 Å². The number of nitrogens with one attached hydrogen (secondary N) is 2. The summed E-state index contributed by atoms with van der Waals surface area (Å²) < 4.78 is 48.4. The highest BCUT2D eigenvalue weighted by Gasteiger charge is 2.48. The van der Waals surface area contributed by atoms with Gasteiger partial charge in [-0.15, -0.1) is 0 Å². The Kier molecular flexibility index (Phi) is 5.33. The summed E-state index contributed by atoms with van der Waals surface area (Å²) in [6.45, 7) is 1.79. The predicted octanol–water partition coefficient (Wildman–Crippen LogP) is -1.53. The summed E-state index contributed by atoms with van der Waals surface area (Å²) in [4.78, 5) is 26.4. The van der Waals surface area contributed by atoms with E-state index in [4.69, 9.17) is 0 Å². The van der Waals surface area contributed by atoms with E-state index in [-0.39, 0.29) is 53.6 Å². The maximum atomic E-state index is 12.4. The van der Waals surface area contributed by atoms with Gasteiger partial charge in [-0.05, 0) is 32.1 Å². The van der Waals surface area contributed by atoms with Crippen molar-refractivity contribution in [1.82, 2.24) is 14.9 Å². The van der Waals surface area contributed by atoms with Crippen molar-refractivity contribution >= 4 is 31.7 Å². The summed E-state index contributed by atoms with van der Waals surface area (Å²) in [6.07, 6.45) is 1.89. The first-order valence-electron chi connectivity index (χ1n) is 8.88. The fourth-order valence-electron chi connectivity index (χ4n) is 4.14. The van der Waals surface area contributed by atoms with Gasteiger partial charge in [-0.25, -0.2) is 21.6 Å². The molecule has 2 bridgehead atoms. The summed E-state index contributed by atoms with van der Waals surface area (Å²) in [5.41, 5.74) is 0. The molecule has 0 aromatic rings. The summed E-state index contributed by atoms with van der Waals surface area (Å²) in [7, 11) is -6.56. The Morgan fingerprint density at radius 3 is 2.54 bits per heavy atom. The van der Waals surface area contributed by atoms with E-state index in [2.05, 4.69) is 10.0 Å². The van der Waals surface area contributed by atoms with Gasteiger partial charge in [0.15, 0.2) is 9.84 Å². The fourth-order valence-corrected chi connectivity index (χ4v) is 6.43. The average Bonchev–Trinajstić information content (AvgIpc) is 3.26. The van der Waals surface area contributed by atoms with Crippen LogP contribution in [0.5, 0.6) is 0 Å². The van der Waals surface area contributed by atoms with Crippen LogP contribution < -0.4 is 10.0 Å². The van der Waals surface area contributed by atoms with Crippen LogP contribution in [0.1, 0.15) is 26.2 Å². The van der Waals surface area contributed by atoms with E-state index < -0.39 is 25.8 Å². The van der Waals surface area contributed by atoms with Crippen LogP contribution in [0.3, 0.4) is 0 Å². The highest BCUT2D eigenvalue weighted by atomic mass is 32.2. The smallest absolute Gasteiger partial charge is 0.237 e. The average molecular weight is 408 g/mol. The molecule has 3 aliphatic rings. The van der Waals surface area contributed by atoms with E-state index in [9.17, 15) is 26.4 Å². The molecule has 11 heteroatoms. The maximum absolute atomic E-state index is 12.4. The summed E-state index contributed by atoms with van der Waals surface area (Å²) in [6, 6.07) is -0.350. The Balaban J connectivity index is 1.57. The molecule has 0 spiro atoms. The molecule has 3 rings (SSSR count). The van der Waals surface area contributed by atoms with Crippen LogP contribution in [-0.2, 0) is 29.4 Å². The van der Waals surface area contributed by atoms with Gasteiger partial charge in [-0.3, -0.25) is 9.59 Å². The first-order chi connectivity index (χ1) is 12.1. The monoisotopic (exact) mass is 407 g/mol. The molecule has 2 aliphatic heterocycles. The van der Waals surface area contributed by atoms with E-state index in [1.165, 1.54) is 6.92 Å². The number of carbonyl (C=O) groups is 2. The van der Waals surface area contributed by atoms with Crippen LogP contribution in [0, 0.1) is 11.8 Å². The van der Waals surface area contributed by atoms with E-state index in [0.717, 1.165) is 12.8 Å². The van der Waals surface area contributed by atoms with Gasteiger partial charge < -0.3 is 10.2 Å². The standard InChI is InChI=1S/C15H25N3O6S2/c1-2-26(23,24)16-7-14(19)18-8-10-5-12(13(18)6-10)17-15(20)11-3-4-25(21,22)9-11/h10-13,16H,2-9H2,1H3,(H,17,20)/t10-,11?,12-,13-/m1/s1. The van der Waals surface area contributed by atoms with Gasteiger partial charge >= 0.3 is 0 Å². The third-order valence-corrected chi connectivity index (χ3v) is 8.67. The summed E-state index contributed by atoms with van der Waals surface area (Å²) >= 11 is 0. The minimum absolute atomic E-state index is 0.0456. The Morgan fingerprint density at radius 1 is 1.23 bits per heavy atom. The van der Waals surface area contributed by atoms with Crippen molar-refractivity contribution in [3.05, 3.63) is 0 Å². The number of piperidine rings is 1. The minimum atomic E-state index is -3.44. The molecule has 2 saturated heterocycles. The van der Waals surface area contributed by atoms with Crippen LogP contribution >= 0.6 is 0 Å². The highest BCUT2D eigenvalue weighted by Crippen LogP contribution is 2.38. The molecular formula is C15H25N3O6S2. The number of fused-ring (bicyclic) bond motifs is 2. The number of nitrogens with zero attached hydrogens (tertiary/aromatic N) is 1. The van der Waals surface area contributed by atoms with E-state index in [1.807, 2.05) is 0 Å². The molecule has 2 heterocycles. The molecule has 3 fully saturated rings. The molecule has 1 saturated carbocycles. The zero-order valence-corrected chi connectivity index (χ0v) is 16.3. The van der Waals surface area contributed by atoms with Gasteiger partial charge in [0.05, 0.1) is 35.8 Å². The third kappa shape index (κ3) is 4.20. The highest BCUT2D eigenvalue weighted by molar-refractivity contribution is 7.91. The number of hydrogen-bond donors (Lipinski definition) is 2. The topological polar surface area (TPSA) is 130 Å². The molecule has 0 radical (unpaired) electrons. The van der Waals surface area contributed by atoms with E-state index in [0.29, 0.717) is 13.0 Å². The van der Waals surface area contributed by atoms with Gasteiger partial charge in [-0.1, -0.05) is 0 Å². The van der Waals surface area contributed by atoms with Gasteiger partial charge in [0.2, 0.25) is 21.8 Å². The third-order valence-electron chi connectivity index (χ3n) is 5.56. The van der Waals surface area contributed by atoms with E-state index >= 15 is 0 Å². The number of hydrogen-bond acceptors (Lipinski definition) is 6. The molecule has 4 atom stereocenters. The Morgan fingerprint density at radius 2 is 1.96 bits per heavy atom. The van der Waals surface area contributed by atoms with Gasteiger partial charge in [0.1, 0.15) is 0 Å². The van der Waals surface area contributed by atoms with Crippen molar-refractivity contribution in [3.8, 4) is 0 Å². The molecule has 0 aromatic carbocycles. The second-order valence-electron chi connectivity index (χ2n) is 7.39. The second-order valence-corrected chi connectivity index (χ2v) is 11.7. The lowest BCUT2D eigenvalue weighted by Crippen LogP contribution is -2.54. The van der Waals surface area contributed by atoms with Gasteiger partial charge in [0.25, 0.3) is 0 Å². The zero-order valence-electron chi connectivity index (χ0n) is 14.7. The summed E-state index contributed by atoms with van der Waals surface area (Å²) in [5.74, 6) is -0.941. The molecule has 9 nitrogen and oxygen atoms in total. The molecule has 1 unspecified atom stereocenters. The molecule has 148 valence electrons. The van der Waals surface area contributed by atoms with E-state index in [1.54, 1.807) is 4.90 Å². The molecule has 1 aliphatic carbocycles. The van der Waals surface area contributed by atoms with Crippen molar-refractivity contribution in [2.75, 3.05) is 30.3 Å². The second kappa shape index (κ2) is 7.08. The van der Waals surface area contributed by atoms with Crippen LogP contribution in [0.4, 0.5) is 0 Å². The molecule has 0 aromatic heterocycles. The number of amides is 2. The van der Waals surface area contributed by atoms with Gasteiger partial charge in [-0.2, -0.15) is 0 Å². The van der Waals surface area contributed by atoms with Crippen LogP contribution in [-0.4, -0.2) is 76.0 Å². The quantitative estimate of drug-likeness (QED) is 0.549. The van der Waals surface area contributed by atoms with Crippen LogP contribution in [0.15, 0.2) is 0 Å². The minimum Gasteiger partial charge on any atom is -0.351 e. The van der Waals surface area contributed by atoms with Crippen molar-refractivity contribution in [1.29, 1.82) is 0 Å². The lowest BCUT2D eigenvalue weighted by Gasteiger charge is -2.34. The Labute approximate surface area is 153 Å². The molecular weight excluding hydrogens is 382 g/mol. The molecule has 26 heavy (non-hydrogen) atoms. The van der Waals surface area contributed by atoms with Crippen LogP contribution in [0.25, 0.3) is 0 Å². The largest absolute Gasteiger partial charge is 0.351 e. The molecule has 2 N–H and O–H groups in total. The maximum Gasteiger partial charge on any atom is 0.237 e. The first kappa shape index (κ1) is 19.6. The molecule has 2 amide bonds. The Hall–Kier alpha value is -1.20. The zero-order chi connectivity index (χ0) is 19.1. The number of sulfone groups is 1. The van der Waals surface area contributed by atoms with Crippen molar-refractivity contribution in [2.45, 2.75) is 38.3 Å². The first-order valence-corrected chi connectivity index (χ1v) is 12.3. The van der Waals surface area contributed by atoms with Gasteiger partial charge in [0, 0.05) is 12.6 Å². The predicted molar refractivity (Wildman–Crippen MR) is 94.4 cm³/mol. The van der Waals surface area contributed by atoms with Crippen molar-refractivity contribution < 1.29 is 26.4 Å². The lowest BCUT2D eigenvalue weighted by atomic mass is 10.0. The van der Waals surface area contributed by atoms with Crippen LogP contribution in [0.2, 0.25) is 0 Å². The SMILES string of the molecule is CCS(=O)(=O)NCC(=O)N1C[C@H]2C[C@@H]1[C@H](NC(=O)C1CCS(=O)(=O)C1)C2.